The van der Waals surface area contributed by atoms with Crippen LogP contribution in [0.1, 0.15) is 43.1 Å². The van der Waals surface area contributed by atoms with Gasteiger partial charge < -0.3 is 16.2 Å². The van der Waals surface area contributed by atoms with Crippen LogP contribution in [0.25, 0.3) is 0 Å². The van der Waals surface area contributed by atoms with Gasteiger partial charge in [-0.05, 0) is 30.4 Å². The SMILES string of the molecule is Cc1cccc(NC(=O)C(CN)CC(C)(C)C)c1C(=O)O. The fourth-order valence-corrected chi connectivity index (χ4v) is 2.31. The summed E-state index contributed by atoms with van der Waals surface area (Å²) in [4.78, 5) is 23.6. The Morgan fingerprint density at radius 2 is 1.95 bits per heavy atom. The van der Waals surface area contributed by atoms with E-state index in [0.717, 1.165) is 0 Å². The Labute approximate surface area is 125 Å². The summed E-state index contributed by atoms with van der Waals surface area (Å²) >= 11 is 0. The maximum atomic E-state index is 12.3. The molecule has 1 aromatic rings. The molecule has 0 aliphatic rings. The van der Waals surface area contributed by atoms with Crippen molar-refractivity contribution in [3.63, 3.8) is 0 Å². The van der Waals surface area contributed by atoms with Crippen LogP contribution in [0.15, 0.2) is 18.2 Å². The molecule has 0 spiro atoms. The third-order valence-electron chi connectivity index (χ3n) is 3.26. The lowest BCUT2D eigenvalue weighted by Gasteiger charge is -2.24. The first-order valence-electron chi connectivity index (χ1n) is 6.99. The molecule has 1 rings (SSSR count). The van der Waals surface area contributed by atoms with Crippen LogP contribution in [0.5, 0.6) is 0 Å². The number of nitrogens with one attached hydrogen (secondary N) is 1. The second-order valence-corrected chi connectivity index (χ2v) is 6.49. The van der Waals surface area contributed by atoms with Gasteiger partial charge in [0.15, 0.2) is 0 Å². The number of carbonyl (C=O) groups is 2. The second-order valence-electron chi connectivity index (χ2n) is 6.49. The van der Waals surface area contributed by atoms with E-state index in [1.807, 2.05) is 20.8 Å². The van der Waals surface area contributed by atoms with Gasteiger partial charge in [-0.2, -0.15) is 0 Å². The highest BCUT2D eigenvalue weighted by atomic mass is 16.4. The van der Waals surface area contributed by atoms with E-state index >= 15 is 0 Å². The molecule has 1 atom stereocenters. The average Bonchev–Trinajstić information content (AvgIpc) is 2.34. The first-order valence-corrected chi connectivity index (χ1v) is 6.99. The maximum Gasteiger partial charge on any atom is 0.338 e. The number of amides is 1. The molecule has 0 aromatic heterocycles. The minimum absolute atomic E-state index is 0.0242. The molecule has 5 nitrogen and oxygen atoms in total. The molecule has 0 saturated carbocycles. The number of aryl methyl sites for hydroxylation is 1. The number of carboxylic acids is 1. The quantitative estimate of drug-likeness (QED) is 0.778. The van der Waals surface area contributed by atoms with Crippen molar-refractivity contribution in [1.82, 2.24) is 0 Å². The van der Waals surface area contributed by atoms with Crippen molar-refractivity contribution in [2.45, 2.75) is 34.1 Å². The summed E-state index contributed by atoms with van der Waals surface area (Å²) in [7, 11) is 0. The molecule has 0 aliphatic heterocycles. The number of nitrogens with two attached hydrogens (primary N) is 1. The van der Waals surface area contributed by atoms with E-state index in [1.165, 1.54) is 0 Å². The van der Waals surface area contributed by atoms with Crippen molar-refractivity contribution in [1.29, 1.82) is 0 Å². The van der Waals surface area contributed by atoms with Gasteiger partial charge in [0.25, 0.3) is 0 Å². The van der Waals surface area contributed by atoms with Gasteiger partial charge in [0.1, 0.15) is 0 Å². The summed E-state index contributed by atoms with van der Waals surface area (Å²) in [5.41, 5.74) is 6.71. The second kappa shape index (κ2) is 6.72. The molecule has 0 saturated heterocycles. The van der Waals surface area contributed by atoms with Crippen LogP contribution in [0, 0.1) is 18.3 Å². The van der Waals surface area contributed by atoms with Crippen LogP contribution in [-0.2, 0) is 4.79 Å². The Morgan fingerprint density at radius 3 is 2.43 bits per heavy atom. The van der Waals surface area contributed by atoms with Crippen LogP contribution in [-0.4, -0.2) is 23.5 Å². The molecule has 0 radical (unpaired) electrons. The van der Waals surface area contributed by atoms with Gasteiger partial charge in [-0.25, -0.2) is 4.79 Å². The Morgan fingerprint density at radius 1 is 1.33 bits per heavy atom. The minimum atomic E-state index is -1.05. The number of carboxylic acid groups (broad SMARTS) is 1. The van der Waals surface area contributed by atoms with Crippen molar-refractivity contribution in [2.75, 3.05) is 11.9 Å². The Hall–Kier alpha value is -1.88. The Kier molecular flexibility index (Phi) is 5.49. The van der Waals surface area contributed by atoms with Crippen LogP contribution >= 0.6 is 0 Å². The zero-order chi connectivity index (χ0) is 16.2. The number of rotatable bonds is 5. The number of hydrogen-bond donors (Lipinski definition) is 3. The molecular weight excluding hydrogens is 268 g/mol. The maximum absolute atomic E-state index is 12.3. The first-order chi connectivity index (χ1) is 9.65. The van der Waals surface area contributed by atoms with E-state index < -0.39 is 5.97 Å². The van der Waals surface area contributed by atoms with Crippen LogP contribution < -0.4 is 11.1 Å². The van der Waals surface area contributed by atoms with Gasteiger partial charge in [0, 0.05) is 6.54 Å². The van der Waals surface area contributed by atoms with Crippen molar-refractivity contribution in [3.8, 4) is 0 Å². The lowest BCUT2D eigenvalue weighted by atomic mass is 9.84. The van der Waals surface area contributed by atoms with Gasteiger partial charge >= 0.3 is 5.97 Å². The summed E-state index contributed by atoms with van der Waals surface area (Å²) in [6, 6.07) is 5.02. The molecule has 1 aromatic carbocycles. The number of benzene rings is 1. The molecule has 5 heteroatoms. The summed E-state index contributed by atoms with van der Waals surface area (Å²) in [6.07, 6.45) is 0.642. The third kappa shape index (κ3) is 4.86. The molecule has 1 amide bonds. The normalized spacial score (nSPS) is 12.8. The lowest BCUT2D eigenvalue weighted by Crippen LogP contribution is -2.33. The number of carbonyl (C=O) groups excluding carboxylic acids is 1. The van der Waals surface area contributed by atoms with Crippen LogP contribution in [0.4, 0.5) is 5.69 Å². The molecule has 21 heavy (non-hydrogen) atoms. The minimum Gasteiger partial charge on any atom is -0.478 e. The molecule has 1 unspecified atom stereocenters. The van der Waals surface area contributed by atoms with Crippen molar-refractivity contribution in [2.24, 2.45) is 17.1 Å². The third-order valence-corrected chi connectivity index (χ3v) is 3.26. The number of hydrogen-bond acceptors (Lipinski definition) is 3. The average molecular weight is 292 g/mol. The predicted octanol–water partition coefficient (Wildman–Crippen LogP) is 2.64. The van der Waals surface area contributed by atoms with E-state index in [9.17, 15) is 14.7 Å². The molecule has 0 heterocycles. The van der Waals surface area contributed by atoms with Crippen molar-refractivity contribution in [3.05, 3.63) is 29.3 Å². The predicted molar refractivity (Wildman–Crippen MR) is 83.4 cm³/mol. The summed E-state index contributed by atoms with van der Waals surface area (Å²) in [5, 5.41) is 12.0. The zero-order valence-electron chi connectivity index (χ0n) is 13.1. The fraction of sp³-hybridized carbons (Fsp3) is 0.500. The topological polar surface area (TPSA) is 92.4 Å². The highest BCUT2D eigenvalue weighted by Gasteiger charge is 2.25. The smallest absolute Gasteiger partial charge is 0.338 e. The van der Waals surface area contributed by atoms with E-state index in [1.54, 1.807) is 25.1 Å². The molecular formula is C16H24N2O3. The van der Waals surface area contributed by atoms with E-state index in [0.29, 0.717) is 17.7 Å². The van der Waals surface area contributed by atoms with Gasteiger partial charge in [-0.1, -0.05) is 32.9 Å². The molecule has 116 valence electrons. The zero-order valence-corrected chi connectivity index (χ0v) is 13.1. The largest absolute Gasteiger partial charge is 0.478 e. The van der Waals surface area contributed by atoms with Gasteiger partial charge in [0.2, 0.25) is 5.91 Å². The lowest BCUT2D eigenvalue weighted by molar-refractivity contribution is -0.120. The monoisotopic (exact) mass is 292 g/mol. The molecule has 0 aliphatic carbocycles. The van der Waals surface area contributed by atoms with Crippen LogP contribution in [0.2, 0.25) is 0 Å². The van der Waals surface area contributed by atoms with Crippen molar-refractivity contribution >= 4 is 17.6 Å². The number of anilines is 1. The van der Waals surface area contributed by atoms with Crippen LogP contribution in [0.3, 0.4) is 0 Å². The molecule has 0 bridgehead atoms. The van der Waals surface area contributed by atoms with E-state index in [-0.39, 0.29) is 29.3 Å². The summed E-state index contributed by atoms with van der Waals surface area (Å²) in [5.74, 6) is -1.63. The van der Waals surface area contributed by atoms with E-state index in [4.69, 9.17) is 5.73 Å². The highest BCUT2D eigenvalue weighted by Crippen LogP contribution is 2.26. The van der Waals surface area contributed by atoms with Gasteiger partial charge in [0.05, 0.1) is 17.2 Å². The highest BCUT2D eigenvalue weighted by molar-refractivity contribution is 6.02. The first kappa shape index (κ1) is 17.2. The standard InChI is InChI=1S/C16H24N2O3/c1-10-6-5-7-12(13(10)15(20)21)18-14(19)11(9-17)8-16(2,3)4/h5-7,11H,8-9,17H2,1-4H3,(H,18,19)(H,20,21). The Balaban J connectivity index is 2.97. The van der Waals surface area contributed by atoms with Crippen molar-refractivity contribution < 1.29 is 14.7 Å². The summed E-state index contributed by atoms with van der Waals surface area (Å²) < 4.78 is 0. The Bertz CT molecular complexity index is 533. The van der Waals surface area contributed by atoms with E-state index in [2.05, 4.69) is 5.32 Å². The molecule has 0 fully saturated rings. The van der Waals surface area contributed by atoms with Gasteiger partial charge in [-0.15, -0.1) is 0 Å². The number of aromatic carboxylic acids is 1. The van der Waals surface area contributed by atoms with Gasteiger partial charge in [-0.3, -0.25) is 4.79 Å². The molecule has 4 N–H and O–H groups in total. The fourth-order valence-electron chi connectivity index (χ4n) is 2.31. The summed E-state index contributed by atoms with van der Waals surface area (Å²) in [6.45, 7) is 8.06.